The van der Waals surface area contributed by atoms with Crippen LogP contribution in [0.1, 0.15) is 5.56 Å². The Balaban J connectivity index is 1.96. The molecule has 0 saturated heterocycles. The van der Waals surface area contributed by atoms with Crippen LogP contribution in [0.4, 0.5) is 30.6 Å². The second-order valence-electron chi connectivity index (χ2n) is 4.56. The van der Waals surface area contributed by atoms with Crippen LogP contribution in [0.25, 0.3) is 5.52 Å². The van der Waals surface area contributed by atoms with Gasteiger partial charge in [0.2, 0.25) is 5.95 Å². The molecule has 3 rings (SSSR count). The number of rotatable bonds is 3. The Bertz CT molecular complexity index is 861. The highest BCUT2D eigenvalue weighted by molar-refractivity contribution is 9.10. The first kappa shape index (κ1) is 15.5. The average Bonchev–Trinajstić information content (AvgIpc) is 2.88. The van der Waals surface area contributed by atoms with Crippen molar-refractivity contribution in [3.63, 3.8) is 0 Å². The van der Waals surface area contributed by atoms with Gasteiger partial charge in [0, 0.05) is 23.9 Å². The molecule has 0 aliphatic carbocycles. The fraction of sp³-hybridized carbons (Fsp3) is 0.154. The Hall–Kier alpha value is -2.36. The Labute approximate surface area is 136 Å². The summed E-state index contributed by atoms with van der Waals surface area (Å²) in [7, 11) is 1.37. The standard InChI is InChI=1S/C13H10BrF3N6/c1-18-11-8(13(15,16)17)4-19-12(22-11)21-9-5-20-23-6-7(14)2-3-10(9)23/h2-6H,1H3,(H2,18,19,21,22). The summed E-state index contributed by atoms with van der Waals surface area (Å²) in [5.41, 5.74) is 0.399. The van der Waals surface area contributed by atoms with Crippen molar-refractivity contribution >= 4 is 38.9 Å². The molecule has 0 spiro atoms. The lowest BCUT2D eigenvalue weighted by molar-refractivity contribution is -0.137. The third-order valence-corrected chi connectivity index (χ3v) is 3.53. The van der Waals surface area contributed by atoms with Gasteiger partial charge in [-0.15, -0.1) is 0 Å². The van der Waals surface area contributed by atoms with Gasteiger partial charge < -0.3 is 10.6 Å². The lowest BCUT2D eigenvalue weighted by Crippen LogP contribution is -2.12. The summed E-state index contributed by atoms with van der Waals surface area (Å²) in [6, 6.07) is 3.64. The molecule has 0 unspecified atom stereocenters. The number of anilines is 3. The quantitative estimate of drug-likeness (QED) is 0.718. The van der Waals surface area contributed by atoms with Crippen molar-refractivity contribution in [2.75, 3.05) is 17.7 Å². The number of fused-ring (bicyclic) bond motifs is 1. The van der Waals surface area contributed by atoms with Crippen molar-refractivity contribution in [1.82, 2.24) is 19.6 Å². The van der Waals surface area contributed by atoms with E-state index >= 15 is 0 Å². The van der Waals surface area contributed by atoms with Crippen LogP contribution in [0, 0.1) is 0 Å². The zero-order valence-electron chi connectivity index (χ0n) is 11.7. The minimum atomic E-state index is -4.52. The molecule has 10 heteroatoms. The molecule has 0 saturated carbocycles. The van der Waals surface area contributed by atoms with Crippen molar-refractivity contribution in [2.45, 2.75) is 6.18 Å². The molecule has 6 nitrogen and oxygen atoms in total. The maximum atomic E-state index is 12.8. The molecule has 0 amide bonds. The molecule has 3 aromatic heterocycles. The van der Waals surface area contributed by atoms with Crippen molar-refractivity contribution in [3.05, 3.63) is 40.8 Å². The van der Waals surface area contributed by atoms with E-state index in [0.29, 0.717) is 5.69 Å². The maximum Gasteiger partial charge on any atom is 0.421 e. The van der Waals surface area contributed by atoms with E-state index in [1.807, 2.05) is 12.1 Å². The Morgan fingerprint density at radius 2 is 2.00 bits per heavy atom. The Kier molecular flexibility index (Phi) is 3.84. The van der Waals surface area contributed by atoms with E-state index in [-0.39, 0.29) is 11.8 Å². The molecule has 0 fully saturated rings. The monoisotopic (exact) mass is 386 g/mol. The van der Waals surface area contributed by atoms with E-state index in [1.54, 1.807) is 16.9 Å². The summed E-state index contributed by atoms with van der Waals surface area (Å²) in [6.07, 6.45) is -0.480. The number of alkyl halides is 3. The zero-order valence-corrected chi connectivity index (χ0v) is 13.3. The highest BCUT2D eigenvalue weighted by Gasteiger charge is 2.35. The van der Waals surface area contributed by atoms with Crippen LogP contribution in [0.5, 0.6) is 0 Å². The second kappa shape index (κ2) is 5.69. The largest absolute Gasteiger partial charge is 0.421 e. The van der Waals surface area contributed by atoms with Gasteiger partial charge in [0.05, 0.1) is 17.4 Å². The van der Waals surface area contributed by atoms with Crippen molar-refractivity contribution < 1.29 is 13.2 Å². The minimum Gasteiger partial charge on any atom is -0.372 e. The molecule has 0 atom stereocenters. The fourth-order valence-corrected chi connectivity index (χ4v) is 2.34. The summed E-state index contributed by atoms with van der Waals surface area (Å²) in [6.45, 7) is 0. The molecule has 2 N–H and O–H groups in total. The predicted octanol–water partition coefficient (Wildman–Crippen LogP) is 3.69. The number of hydrogen-bond donors (Lipinski definition) is 2. The van der Waals surface area contributed by atoms with E-state index in [2.05, 4.69) is 41.6 Å². The Morgan fingerprint density at radius 3 is 2.70 bits per heavy atom. The van der Waals surface area contributed by atoms with Crippen molar-refractivity contribution in [2.24, 2.45) is 0 Å². The van der Waals surface area contributed by atoms with Gasteiger partial charge in [0.15, 0.2) is 0 Å². The van der Waals surface area contributed by atoms with E-state index in [0.717, 1.165) is 16.2 Å². The highest BCUT2D eigenvalue weighted by atomic mass is 79.9. The van der Waals surface area contributed by atoms with Gasteiger partial charge in [-0.3, -0.25) is 0 Å². The molecular formula is C13H10BrF3N6. The molecule has 0 radical (unpaired) electrons. The van der Waals surface area contributed by atoms with Crippen molar-refractivity contribution in [3.8, 4) is 0 Å². The normalized spacial score (nSPS) is 11.7. The first-order valence-corrected chi connectivity index (χ1v) is 7.19. The smallest absolute Gasteiger partial charge is 0.372 e. The van der Waals surface area contributed by atoms with Crippen LogP contribution in [-0.2, 0) is 6.18 Å². The van der Waals surface area contributed by atoms with Gasteiger partial charge >= 0.3 is 6.18 Å². The van der Waals surface area contributed by atoms with E-state index in [4.69, 9.17) is 0 Å². The second-order valence-corrected chi connectivity index (χ2v) is 5.48. The number of aromatic nitrogens is 4. The summed E-state index contributed by atoms with van der Waals surface area (Å²) < 4.78 is 41.0. The van der Waals surface area contributed by atoms with Crippen LogP contribution in [-0.4, -0.2) is 26.6 Å². The summed E-state index contributed by atoms with van der Waals surface area (Å²) in [4.78, 5) is 7.58. The topological polar surface area (TPSA) is 67.1 Å². The number of nitrogens with one attached hydrogen (secondary N) is 2. The highest BCUT2D eigenvalue weighted by Crippen LogP contribution is 2.34. The summed E-state index contributed by atoms with van der Waals surface area (Å²) in [5.74, 6) is -0.255. The van der Waals surface area contributed by atoms with E-state index in [1.165, 1.54) is 7.05 Å². The molecule has 23 heavy (non-hydrogen) atoms. The van der Waals surface area contributed by atoms with Gasteiger partial charge in [-0.2, -0.15) is 23.3 Å². The van der Waals surface area contributed by atoms with Crippen LogP contribution in [0.2, 0.25) is 0 Å². The molecule has 120 valence electrons. The van der Waals surface area contributed by atoms with E-state index in [9.17, 15) is 13.2 Å². The Morgan fingerprint density at radius 1 is 1.22 bits per heavy atom. The van der Waals surface area contributed by atoms with Gasteiger partial charge in [-0.1, -0.05) is 0 Å². The number of halogens is 4. The van der Waals surface area contributed by atoms with E-state index < -0.39 is 11.7 Å². The lowest BCUT2D eigenvalue weighted by atomic mass is 10.3. The van der Waals surface area contributed by atoms with Gasteiger partial charge in [0.25, 0.3) is 0 Å². The van der Waals surface area contributed by atoms with Crippen molar-refractivity contribution in [1.29, 1.82) is 0 Å². The molecule has 0 bridgehead atoms. The minimum absolute atomic E-state index is 0.0418. The van der Waals surface area contributed by atoms with Gasteiger partial charge in [0.1, 0.15) is 11.4 Å². The predicted molar refractivity (Wildman–Crippen MR) is 82.8 cm³/mol. The lowest BCUT2D eigenvalue weighted by Gasteiger charge is -2.12. The molecule has 3 aromatic rings. The molecule has 0 aliphatic rings. The average molecular weight is 387 g/mol. The SMILES string of the molecule is CNc1nc(Nc2cnn3cc(Br)ccc23)ncc1C(F)(F)F. The number of pyridine rings is 1. The van der Waals surface area contributed by atoms with Gasteiger partial charge in [-0.05, 0) is 28.1 Å². The first-order valence-electron chi connectivity index (χ1n) is 6.40. The van der Waals surface area contributed by atoms with Crippen LogP contribution >= 0.6 is 15.9 Å². The summed E-state index contributed by atoms with van der Waals surface area (Å²) >= 11 is 3.33. The maximum absolute atomic E-state index is 12.8. The summed E-state index contributed by atoms with van der Waals surface area (Å²) in [5, 5.41) is 9.45. The molecule has 3 heterocycles. The molecule has 0 aliphatic heterocycles. The number of hydrogen-bond acceptors (Lipinski definition) is 5. The third-order valence-electron chi connectivity index (χ3n) is 3.06. The van der Waals surface area contributed by atoms with Crippen LogP contribution in [0.3, 0.4) is 0 Å². The fourth-order valence-electron chi connectivity index (χ4n) is 2.02. The first-order chi connectivity index (χ1) is 10.9. The third kappa shape index (κ3) is 3.07. The van der Waals surface area contributed by atoms with Crippen LogP contribution < -0.4 is 10.6 Å². The number of nitrogens with zero attached hydrogens (tertiary/aromatic N) is 4. The molecular weight excluding hydrogens is 377 g/mol. The van der Waals surface area contributed by atoms with Gasteiger partial charge in [-0.25, -0.2) is 9.50 Å². The van der Waals surface area contributed by atoms with Crippen LogP contribution in [0.15, 0.2) is 35.2 Å². The zero-order chi connectivity index (χ0) is 16.6. The molecule has 0 aromatic carbocycles.